The Balaban J connectivity index is 1.30. The van der Waals surface area contributed by atoms with Crippen LogP contribution < -0.4 is 4.74 Å². The van der Waals surface area contributed by atoms with Crippen LogP contribution in [0.4, 0.5) is 0 Å². The molecule has 2 aromatic heterocycles. The second-order valence-electron chi connectivity index (χ2n) is 7.95. The molecule has 1 aromatic carbocycles. The number of aromatic nitrogens is 2. The van der Waals surface area contributed by atoms with Crippen LogP contribution in [-0.2, 0) is 13.1 Å². The van der Waals surface area contributed by atoms with Gasteiger partial charge in [-0.05, 0) is 66.1 Å². The molecule has 0 bridgehead atoms. The first-order valence-electron chi connectivity index (χ1n) is 10.1. The van der Waals surface area contributed by atoms with Crippen LogP contribution in [0.2, 0.25) is 0 Å². The normalized spacial score (nSPS) is 15.5. The maximum absolute atomic E-state index is 13.0. The maximum Gasteiger partial charge on any atom is 0.260 e. The third-order valence-corrected chi connectivity index (χ3v) is 5.57. The predicted molar refractivity (Wildman–Crippen MR) is 110 cm³/mol. The summed E-state index contributed by atoms with van der Waals surface area (Å²) in [6.45, 7) is 3.83. The third-order valence-electron chi connectivity index (χ3n) is 5.57. The molecule has 1 aliphatic heterocycles. The van der Waals surface area contributed by atoms with Gasteiger partial charge in [0, 0.05) is 31.2 Å². The largest absolute Gasteiger partial charge is 0.477 e. The highest BCUT2D eigenvalue weighted by atomic mass is 16.5. The Labute approximate surface area is 170 Å². The Bertz CT molecular complexity index is 1060. The zero-order chi connectivity index (χ0) is 19.8. The molecule has 0 saturated heterocycles. The van der Waals surface area contributed by atoms with Gasteiger partial charge >= 0.3 is 0 Å². The van der Waals surface area contributed by atoms with Gasteiger partial charge in [-0.1, -0.05) is 24.3 Å². The number of fused-ring (bicyclic) bond motifs is 1. The summed E-state index contributed by atoms with van der Waals surface area (Å²) < 4.78 is 5.85. The highest BCUT2D eigenvalue weighted by Gasteiger charge is 2.32. The minimum atomic E-state index is 0.00716. The topological polar surface area (TPSA) is 55.3 Å². The Morgan fingerprint density at radius 3 is 2.59 bits per heavy atom. The van der Waals surface area contributed by atoms with Crippen molar-refractivity contribution in [1.29, 1.82) is 0 Å². The van der Waals surface area contributed by atoms with Gasteiger partial charge in [0.05, 0.1) is 6.61 Å². The average molecular weight is 385 g/mol. The summed E-state index contributed by atoms with van der Waals surface area (Å²) in [5, 5.41) is 0. The molecule has 29 heavy (non-hydrogen) atoms. The van der Waals surface area contributed by atoms with Crippen molar-refractivity contribution in [1.82, 2.24) is 14.9 Å². The zero-order valence-corrected chi connectivity index (χ0v) is 16.5. The quantitative estimate of drug-likeness (QED) is 0.631. The highest BCUT2D eigenvalue weighted by molar-refractivity contribution is 6.00. The van der Waals surface area contributed by atoms with Gasteiger partial charge < -0.3 is 9.64 Å². The van der Waals surface area contributed by atoms with E-state index in [4.69, 9.17) is 4.74 Å². The van der Waals surface area contributed by atoms with Gasteiger partial charge in [0.2, 0.25) is 5.88 Å². The smallest absolute Gasteiger partial charge is 0.260 e. The van der Waals surface area contributed by atoms with E-state index in [0.717, 1.165) is 27.9 Å². The Morgan fingerprint density at radius 2 is 1.83 bits per heavy atom. The highest BCUT2D eigenvalue weighted by Crippen LogP contribution is 2.33. The minimum Gasteiger partial charge on any atom is -0.477 e. The summed E-state index contributed by atoms with van der Waals surface area (Å²) in [5.74, 6) is 1.13. The molecular weight excluding hydrogens is 362 g/mol. The summed E-state index contributed by atoms with van der Waals surface area (Å²) in [7, 11) is 0. The van der Waals surface area contributed by atoms with Crippen molar-refractivity contribution >= 4 is 5.91 Å². The van der Waals surface area contributed by atoms with Crippen LogP contribution in [0.1, 0.15) is 40.0 Å². The number of pyridine rings is 2. The first-order chi connectivity index (χ1) is 14.2. The van der Waals surface area contributed by atoms with E-state index in [1.165, 1.54) is 12.8 Å². The fourth-order valence-corrected chi connectivity index (χ4v) is 3.74. The number of aryl methyl sites for hydroxylation is 1. The molecule has 1 saturated carbocycles. The minimum absolute atomic E-state index is 0.00716. The number of nitrogens with zero attached hydrogens (tertiary/aromatic N) is 3. The summed E-state index contributed by atoms with van der Waals surface area (Å²) in [5.41, 5.74) is 6.04. The maximum atomic E-state index is 13.0. The van der Waals surface area contributed by atoms with Gasteiger partial charge in [0.15, 0.2) is 0 Å². The number of ether oxygens (including phenoxy) is 1. The molecule has 3 heterocycles. The van der Waals surface area contributed by atoms with Crippen LogP contribution in [0.3, 0.4) is 0 Å². The van der Waals surface area contributed by atoms with Crippen LogP contribution in [0, 0.1) is 12.8 Å². The summed E-state index contributed by atoms with van der Waals surface area (Å²) >= 11 is 0. The molecule has 1 fully saturated rings. The zero-order valence-electron chi connectivity index (χ0n) is 16.5. The molecule has 0 atom stereocenters. The lowest BCUT2D eigenvalue weighted by Crippen LogP contribution is -2.23. The fourth-order valence-electron chi connectivity index (χ4n) is 3.74. The molecule has 5 nitrogen and oxygen atoms in total. The molecule has 5 heteroatoms. The van der Waals surface area contributed by atoms with Gasteiger partial charge in [-0.3, -0.25) is 9.78 Å². The molecule has 1 amide bonds. The van der Waals surface area contributed by atoms with E-state index in [2.05, 4.69) is 40.3 Å². The molecule has 0 N–H and O–H groups in total. The van der Waals surface area contributed by atoms with E-state index in [-0.39, 0.29) is 5.91 Å². The number of hydrogen-bond donors (Lipinski definition) is 0. The van der Waals surface area contributed by atoms with Gasteiger partial charge in [0.25, 0.3) is 5.91 Å². The van der Waals surface area contributed by atoms with Crippen LogP contribution >= 0.6 is 0 Å². The van der Waals surface area contributed by atoms with Crippen LogP contribution in [0.15, 0.2) is 54.9 Å². The molecule has 2 aliphatic rings. The molecule has 146 valence electrons. The van der Waals surface area contributed by atoms with Crippen LogP contribution in [0.25, 0.3) is 11.1 Å². The molecular formula is C24H23N3O2. The molecule has 1 aliphatic carbocycles. The number of hydrogen-bond acceptors (Lipinski definition) is 4. The van der Waals surface area contributed by atoms with Crippen molar-refractivity contribution < 1.29 is 9.53 Å². The van der Waals surface area contributed by atoms with E-state index in [1.54, 1.807) is 6.20 Å². The van der Waals surface area contributed by atoms with Gasteiger partial charge in [-0.25, -0.2) is 4.98 Å². The number of amides is 1. The van der Waals surface area contributed by atoms with E-state index in [1.807, 2.05) is 30.2 Å². The molecule has 5 rings (SSSR count). The predicted octanol–water partition coefficient (Wildman–Crippen LogP) is 4.40. The second kappa shape index (κ2) is 7.32. The monoisotopic (exact) mass is 385 g/mol. The summed E-state index contributed by atoms with van der Waals surface area (Å²) in [6, 6.07) is 14.4. The van der Waals surface area contributed by atoms with E-state index < -0.39 is 0 Å². The molecule has 3 aromatic rings. The van der Waals surface area contributed by atoms with Crippen molar-refractivity contribution in [3.05, 3.63) is 77.2 Å². The molecule has 0 unspecified atom stereocenters. The van der Waals surface area contributed by atoms with Crippen LogP contribution in [-0.4, -0.2) is 27.4 Å². The summed E-state index contributed by atoms with van der Waals surface area (Å²) in [4.78, 5) is 23.4. The Hall–Kier alpha value is -3.21. The van der Waals surface area contributed by atoms with Gasteiger partial charge in [-0.2, -0.15) is 0 Å². The Kier molecular flexibility index (Phi) is 4.51. The van der Waals surface area contributed by atoms with Gasteiger partial charge in [-0.15, -0.1) is 0 Å². The first-order valence-corrected chi connectivity index (χ1v) is 10.1. The van der Waals surface area contributed by atoms with E-state index >= 15 is 0 Å². The van der Waals surface area contributed by atoms with Crippen molar-refractivity contribution in [2.75, 3.05) is 6.61 Å². The number of rotatable bonds is 6. The lowest BCUT2D eigenvalue weighted by Gasteiger charge is -2.16. The summed E-state index contributed by atoms with van der Waals surface area (Å²) in [6.07, 6.45) is 5.99. The van der Waals surface area contributed by atoms with E-state index in [9.17, 15) is 4.79 Å². The molecule has 0 radical (unpaired) electrons. The second-order valence-corrected chi connectivity index (χ2v) is 7.95. The fraction of sp³-hybridized carbons (Fsp3) is 0.292. The molecule has 0 spiro atoms. The van der Waals surface area contributed by atoms with Crippen molar-refractivity contribution in [2.24, 2.45) is 5.92 Å². The van der Waals surface area contributed by atoms with Crippen LogP contribution in [0.5, 0.6) is 5.88 Å². The van der Waals surface area contributed by atoms with Crippen molar-refractivity contribution in [3.8, 4) is 17.0 Å². The van der Waals surface area contributed by atoms with Gasteiger partial charge in [0.1, 0.15) is 5.56 Å². The average Bonchev–Trinajstić information content (AvgIpc) is 3.51. The number of benzene rings is 1. The van der Waals surface area contributed by atoms with Crippen molar-refractivity contribution in [3.63, 3.8) is 0 Å². The SMILES string of the molecule is Cc1cc(-c2ccc(CN3Cc4ccnc(OCC5CC5)c4C3=O)cc2)ccn1. The first kappa shape index (κ1) is 17.9. The lowest BCUT2D eigenvalue weighted by atomic mass is 10.0. The van der Waals surface area contributed by atoms with E-state index in [0.29, 0.717) is 37.1 Å². The Morgan fingerprint density at radius 1 is 1.03 bits per heavy atom. The standard InChI is InChI=1S/C24H23N3O2/c1-16-12-20(8-10-25-16)19-6-4-17(5-7-19)13-27-14-21-9-11-26-23(22(21)24(27)28)29-15-18-2-3-18/h4-12,18H,2-3,13-15H2,1H3. The third kappa shape index (κ3) is 3.73. The number of carbonyl (C=O) groups excluding carboxylic acids is 1. The number of carbonyl (C=O) groups is 1. The van der Waals surface area contributed by atoms with Crippen molar-refractivity contribution in [2.45, 2.75) is 32.9 Å². The lowest BCUT2D eigenvalue weighted by molar-refractivity contribution is 0.0762.